The Bertz CT molecular complexity index is 1190. The Morgan fingerprint density at radius 3 is 2.50 bits per heavy atom. The fourth-order valence-electron chi connectivity index (χ4n) is 3.47. The van der Waals surface area contributed by atoms with E-state index < -0.39 is 17.7 Å². The maximum atomic E-state index is 14.4. The summed E-state index contributed by atoms with van der Waals surface area (Å²) in [6.07, 6.45) is 0.105. The number of carbonyl (C=O) groups is 1. The SMILES string of the molecule is CNC(=O)OCC#Cc1cc(F)c(F)c(CCc2cc(C)cc(-n3c(C)ccc3C)n2)c1. The van der Waals surface area contributed by atoms with Crippen LogP contribution in [0.1, 0.15) is 33.8 Å². The minimum Gasteiger partial charge on any atom is -0.436 e. The highest BCUT2D eigenvalue weighted by Crippen LogP contribution is 2.20. The molecule has 5 nitrogen and oxygen atoms in total. The van der Waals surface area contributed by atoms with E-state index in [4.69, 9.17) is 9.72 Å². The zero-order chi connectivity index (χ0) is 23.3. The number of alkyl carbamates (subject to hydrolysis) is 1. The van der Waals surface area contributed by atoms with Crippen molar-refractivity contribution in [2.45, 2.75) is 33.6 Å². The van der Waals surface area contributed by atoms with Crippen LogP contribution in [0.3, 0.4) is 0 Å². The van der Waals surface area contributed by atoms with Crippen molar-refractivity contribution in [3.05, 3.63) is 81.8 Å². The second kappa shape index (κ2) is 10.1. The van der Waals surface area contributed by atoms with E-state index in [0.717, 1.165) is 34.5 Å². The van der Waals surface area contributed by atoms with E-state index >= 15 is 0 Å². The molecular weight excluding hydrogens is 412 g/mol. The summed E-state index contributed by atoms with van der Waals surface area (Å²) in [6, 6.07) is 10.6. The number of pyridine rings is 1. The molecule has 0 aliphatic carbocycles. The van der Waals surface area contributed by atoms with Crippen LogP contribution in [0.4, 0.5) is 13.6 Å². The zero-order valence-corrected chi connectivity index (χ0v) is 18.6. The van der Waals surface area contributed by atoms with Crippen LogP contribution in [-0.2, 0) is 17.6 Å². The molecule has 3 aromatic rings. The van der Waals surface area contributed by atoms with E-state index in [1.807, 2.05) is 45.0 Å². The molecule has 3 rings (SSSR count). The number of ether oxygens (including phenoxy) is 1. The minimum absolute atomic E-state index is 0.151. The lowest BCUT2D eigenvalue weighted by Crippen LogP contribution is -2.19. The maximum Gasteiger partial charge on any atom is 0.407 e. The molecule has 1 amide bonds. The number of hydrogen-bond donors (Lipinski definition) is 1. The lowest BCUT2D eigenvalue weighted by molar-refractivity contribution is 0.162. The van der Waals surface area contributed by atoms with Crippen molar-refractivity contribution in [3.63, 3.8) is 0 Å². The normalized spacial score (nSPS) is 10.4. The fourth-order valence-corrected chi connectivity index (χ4v) is 3.47. The van der Waals surface area contributed by atoms with Gasteiger partial charge < -0.3 is 14.6 Å². The molecule has 0 aliphatic rings. The predicted octanol–water partition coefficient (Wildman–Crippen LogP) is 4.57. The van der Waals surface area contributed by atoms with Crippen molar-refractivity contribution in [2.75, 3.05) is 13.7 Å². The van der Waals surface area contributed by atoms with E-state index in [9.17, 15) is 13.6 Å². The molecular formula is C25H25F2N3O2. The number of nitrogens with one attached hydrogen (secondary N) is 1. The monoisotopic (exact) mass is 437 g/mol. The van der Waals surface area contributed by atoms with Crippen molar-refractivity contribution in [1.82, 2.24) is 14.9 Å². The highest BCUT2D eigenvalue weighted by atomic mass is 19.2. The summed E-state index contributed by atoms with van der Waals surface area (Å²) in [5.74, 6) is 4.28. The van der Waals surface area contributed by atoms with Gasteiger partial charge in [0.25, 0.3) is 0 Å². The molecule has 166 valence electrons. The Morgan fingerprint density at radius 1 is 1.09 bits per heavy atom. The summed E-state index contributed by atoms with van der Waals surface area (Å²) in [7, 11) is 1.43. The van der Waals surface area contributed by atoms with Gasteiger partial charge in [0.2, 0.25) is 0 Å². The number of carbonyl (C=O) groups excluding carboxylic acids is 1. The first-order chi connectivity index (χ1) is 15.3. The van der Waals surface area contributed by atoms with E-state index in [-0.39, 0.29) is 18.6 Å². The van der Waals surface area contributed by atoms with Gasteiger partial charge in [-0.15, -0.1) is 0 Å². The third kappa shape index (κ3) is 5.52. The molecule has 1 aromatic carbocycles. The number of rotatable bonds is 5. The van der Waals surface area contributed by atoms with E-state index in [0.29, 0.717) is 12.0 Å². The van der Waals surface area contributed by atoms with Gasteiger partial charge in [-0.05, 0) is 81.1 Å². The van der Waals surface area contributed by atoms with E-state index in [1.54, 1.807) is 0 Å². The van der Waals surface area contributed by atoms with Gasteiger partial charge in [-0.2, -0.15) is 0 Å². The number of aryl methyl sites for hydroxylation is 5. The zero-order valence-electron chi connectivity index (χ0n) is 18.6. The number of aromatic nitrogens is 2. The van der Waals surface area contributed by atoms with Gasteiger partial charge in [-0.3, -0.25) is 0 Å². The topological polar surface area (TPSA) is 56.1 Å². The van der Waals surface area contributed by atoms with Crippen LogP contribution in [0.25, 0.3) is 5.82 Å². The average Bonchev–Trinajstić information content (AvgIpc) is 3.09. The number of halogens is 2. The van der Waals surface area contributed by atoms with Crippen molar-refractivity contribution >= 4 is 6.09 Å². The fraction of sp³-hybridized carbons (Fsp3) is 0.280. The van der Waals surface area contributed by atoms with Gasteiger partial charge in [0, 0.05) is 29.7 Å². The summed E-state index contributed by atoms with van der Waals surface area (Å²) in [6.45, 7) is 5.87. The van der Waals surface area contributed by atoms with Crippen LogP contribution in [-0.4, -0.2) is 29.3 Å². The highest BCUT2D eigenvalue weighted by molar-refractivity contribution is 5.66. The van der Waals surface area contributed by atoms with Gasteiger partial charge in [0.1, 0.15) is 5.82 Å². The van der Waals surface area contributed by atoms with Crippen molar-refractivity contribution in [3.8, 4) is 17.7 Å². The molecule has 0 saturated carbocycles. The summed E-state index contributed by atoms with van der Waals surface area (Å²) < 4.78 is 35.3. The molecule has 0 spiro atoms. The molecule has 0 atom stereocenters. The first-order valence-corrected chi connectivity index (χ1v) is 10.2. The Kier molecular flexibility index (Phi) is 7.26. The molecule has 0 radical (unpaired) electrons. The largest absolute Gasteiger partial charge is 0.436 e. The molecule has 32 heavy (non-hydrogen) atoms. The molecule has 7 heteroatoms. The first kappa shape index (κ1) is 23.0. The predicted molar refractivity (Wildman–Crippen MR) is 119 cm³/mol. The smallest absolute Gasteiger partial charge is 0.407 e. The van der Waals surface area contributed by atoms with E-state index in [2.05, 4.69) is 21.7 Å². The Morgan fingerprint density at radius 2 is 1.81 bits per heavy atom. The second-order valence-electron chi connectivity index (χ2n) is 7.50. The first-order valence-electron chi connectivity index (χ1n) is 10.2. The summed E-state index contributed by atoms with van der Waals surface area (Å²) >= 11 is 0. The second-order valence-corrected chi connectivity index (χ2v) is 7.50. The molecule has 0 unspecified atom stereocenters. The minimum atomic E-state index is -0.962. The van der Waals surface area contributed by atoms with Crippen molar-refractivity contribution in [2.24, 2.45) is 0 Å². The van der Waals surface area contributed by atoms with Crippen molar-refractivity contribution < 1.29 is 18.3 Å². The molecule has 0 fully saturated rings. The Labute approximate surface area is 186 Å². The standard InChI is InChI=1S/C25H25F2N3O2/c1-16-12-21(29-23(13-16)30-17(2)7-8-18(30)3)10-9-20-14-19(15-22(26)24(20)27)6-5-11-32-25(31)28-4/h7-8,12-15H,9-11H2,1-4H3,(H,28,31). The number of amides is 1. The van der Waals surface area contributed by atoms with Gasteiger partial charge >= 0.3 is 6.09 Å². The van der Waals surface area contributed by atoms with Gasteiger partial charge in [0.05, 0.1) is 0 Å². The van der Waals surface area contributed by atoms with Crippen LogP contribution in [0.15, 0.2) is 36.4 Å². The lowest BCUT2D eigenvalue weighted by Gasteiger charge is -2.12. The number of benzene rings is 1. The van der Waals surface area contributed by atoms with Gasteiger partial charge in [0.15, 0.2) is 18.2 Å². The van der Waals surface area contributed by atoms with Crippen LogP contribution in [0, 0.1) is 44.2 Å². The summed E-state index contributed by atoms with van der Waals surface area (Å²) in [4.78, 5) is 15.8. The van der Waals surface area contributed by atoms with Crippen molar-refractivity contribution in [1.29, 1.82) is 0 Å². The van der Waals surface area contributed by atoms with Gasteiger partial charge in [-0.1, -0.05) is 11.8 Å². The quantitative estimate of drug-likeness (QED) is 0.595. The third-order valence-corrected chi connectivity index (χ3v) is 4.98. The Hall–Kier alpha value is -3.66. The van der Waals surface area contributed by atoms with Crippen LogP contribution in [0.5, 0.6) is 0 Å². The van der Waals surface area contributed by atoms with Gasteiger partial charge in [-0.25, -0.2) is 18.6 Å². The molecule has 2 heterocycles. The summed E-state index contributed by atoms with van der Waals surface area (Å²) in [5.41, 5.74) is 4.52. The highest BCUT2D eigenvalue weighted by Gasteiger charge is 2.12. The van der Waals surface area contributed by atoms with Crippen LogP contribution < -0.4 is 5.32 Å². The Balaban J connectivity index is 1.79. The van der Waals surface area contributed by atoms with E-state index in [1.165, 1.54) is 13.1 Å². The average molecular weight is 437 g/mol. The molecule has 1 N–H and O–H groups in total. The molecule has 2 aromatic heterocycles. The van der Waals surface area contributed by atoms with Crippen LogP contribution >= 0.6 is 0 Å². The van der Waals surface area contributed by atoms with Crippen LogP contribution in [0.2, 0.25) is 0 Å². The summed E-state index contributed by atoms with van der Waals surface area (Å²) in [5, 5.41) is 2.30. The molecule has 0 saturated heterocycles. The number of nitrogens with zero attached hydrogens (tertiary/aromatic N) is 2. The third-order valence-electron chi connectivity index (χ3n) is 4.98. The molecule has 0 bridgehead atoms. The molecule has 0 aliphatic heterocycles. The lowest BCUT2D eigenvalue weighted by atomic mass is 10.0. The maximum absolute atomic E-state index is 14.4. The number of hydrogen-bond acceptors (Lipinski definition) is 3.